The minimum Gasteiger partial charge on any atom is -0.482 e. The highest BCUT2D eigenvalue weighted by atomic mass is 79.9. The Hall–Kier alpha value is -3.01. The van der Waals surface area contributed by atoms with Crippen LogP contribution in [0.5, 0.6) is 5.75 Å². The Labute approximate surface area is 178 Å². The van der Waals surface area contributed by atoms with E-state index in [0.717, 1.165) is 9.04 Å². The quantitative estimate of drug-likeness (QED) is 0.512. The molecular weight excluding hydrogens is 464 g/mol. The highest BCUT2D eigenvalue weighted by Gasteiger charge is 2.30. The third-order valence-electron chi connectivity index (χ3n) is 4.64. The van der Waals surface area contributed by atoms with Crippen LogP contribution in [0, 0.1) is 0 Å². The molecule has 4 rings (SSSR count). The molecule has 10 heteroatoms. The van der Waals surface area contributed by atoms with Crippen molar-refractivity contribution in [3.05, 3.63) is 52.8 Å². The second kappa shape index (κ2) is 8.02. The summed E-state index contributed by atoms with van der Waals surface area (Å²) >= 11 is 3.32. The summed E-state index contributed by atoms with van der Waals surface area (Å²) in [7, 11) is 0. The molecular formula is C20H16BrF2N3O4. The van der Waals surface area contributed by atoms with Crippen molar-refractivity contribution < 1.29 is 27.8 Å². The first-order chi connectivity index (χ1) is 14.3. The average Bonchev–Trinajstić information content (AvgIpc) is 3.10. The number of rotatable bonds is 5. The number of benzene rings is 2. The Balaban J connectivity index is 1.55. The largest absolute Gasteiger partial charge is 0.482 e. The van der Waals surface area contributed by atoms with Gasteiger partial charge in [-0.3, -0.25) is 19.1 Å². The molecule has 0 saturated heterocycles. The van der Waals surface area contributed by atoms with Crippen molar-refractivity contribution in [1.82, 2.24) is 9.55 Å². The fourth-order valence-electron chi connectivity index (χ4n) is 3.32. The van der Waals surface area contributed by atoms with Crippen LogP contribution in [-0.2, 0) is 14.3 Å². The predicted molar refractivity (Wildman–Crippen MR) is 107 cm³/mol. The number of para-hydroxylation sites is 2. The third-order valence-corrected chi connectivity index (χ3v) is 5.14. The van der Waals surface area contributed by atoms with Gasteiger partial charge in [-0.1, -0.05) is 28.1 Å². The van der Waals surface area contributed by atoms with E-state index in [0.29, 0.717) is 17.0 Å². The van der Waals surface area contributed by atoms with E-state index < -0.39 is 24.5 Å². The summed E-state index contributed by atoms with van der Waals surface area (Å²) in [6, 6.07) is 11.5. The monoisotopic (exact) mass is 479 g/mol. The lowest BCUT2D eigenvalue weighted by atomic mass is 10.2. The van der Waals surface area contributed by atoms with Crippen molar-refractivity contribution in [3.8, 4) is 5.75 Å². The minimum absolute atomic E-state index is 0.0721. The molecule has 0 spiro atoms. The molecule has 0 bridgehead atoms. The van der Waals surface area contributed by atoms with Gasteiger partial charge in [0.05, 0.1) is 16.7 Å². The minimum atomic E-state index is -2.85. The number of halogens is 3. The number of hydrogen-bond acceptors (Lipinski definition) is 5. The summed E-state index contributed by atoms with van der Waals surface area (Å²) in [5.41, 5.74) is 1.05. The number of esters is 1. The van der Waals surface area contributed by atoms with E-state index in [1.165, 1.54) is 17.9 Å². The normalized spacial score (nSPS) is 14.6. The summed E-state index contributed by atoms with van der Waals surface area (Å²) in [5, 5.41) is 0. The molecule has 2 heterocycles. The second-order valence-corrected chi connectivity index (χ2v) is 7.53. The molecule has 3 aromatic rings. The third kappa shape index (κ3) is 3.74. The molecule has 0 saturated carbocycles. The van der Waals surface area contributed by atoms with E-state index in [1.807, 2.05) is 0 Å². The first kappa shape index (κ1) is 20.3. The smallest absolute Gasteiger partial charge is 0.326 e. The average molecular weight is 480 g/mol. The summed E-state index contributed by atoms with van der Waals surface area (Å²) in [5.74, 6) is -0.782. The standard InChI is InChI=1S/C20H16BrF2N3O4/c1-11(19-24-13-4-2-3-5-14(13)26(19)20(22)23)30-18(28)9-25-15-7-6-12(21)8-16(15)29-10-17(25)27/h2-8,11,20H,9-10H2,1H3. The SMILES string of the molecule is CC(OC(=O)CN1C(=O)COc2cc(Br)ccc21)c1nc2ccccc2n1C(F)F. The van der Waals surface area contributed by atoms with Gasteiger partial charge >= 0.3 is 12.5 Å². The molecule has 30 heavy (non-hydrogen) atoms. The Kier molecular flexibility index (Phi) is 5.42. The number of fused-ring (bicyclic) bond motifs is 2. The number of amides is 1. The molecule has 156 valence electrons. The lowest BCUT2D eigenvalue weighted by molar-refractivity contribution is -0.148. The molecule has 1 aliphatic rings. The number of carbonyl (C=O) groups is 2. The number of imidazole rings is 1. The zero-order chi connectivity index (χ0) is 21.4. The van der Waals surface area contributed by atoms with Gasteiger partial charge in [0.1, 0.15) is 12.3 Å². The van der Waals surface area contributed by atoms with Crippen molar-refractivity contribution in [1.29, 1.82) is 0 Å². The highest BCUT2D eigenvalue weighted by Crippen LogP contribution is 2.34. The molecule has 1 aliphatic heterocycles. The number of aromatic nitrogens is 2. The topological polar surface area (TPSA) is 73.7 Å². The molecule has 0 N–H and O–H groups in total. The van der Waals surface area contributed by atoms with Gasteiger partial charge in [0, 0.05) is 4.47 Å². The predicted octanol–water partition coefficient (Wildman–Crippen LogP) is 4.22. The first-order valence-electron chi connectivity index (χ1n) is 9.02. The fraction of sp³-hybridized carbons (Fsp3) is 0.250. The number of ether oxygens (including phenoxy) is 2. The summed E-state index contributed by atoms with van der Waals surface area (Å²) in [6.07, 6.45) is -1.04. The molecule has 2 aromatic carbocycles. The van der Waals surface area contributed by atoms with E-state index in [1.54, 1.807) is 36.4 Å². The van der Waals surface area contributed by atoms with E-state index in [9.17, 15) is 18.4 Å². The molecule has 1 unspecified atom stereocenters. The van der Waals surface area contributed by atoms with E-state index in [2.05, 4.69) is 20.9 Å². The molecule has 1 atom stereocenters. The molecule has 1 aromatic heterocycles. The van der Waals surface area contributed by atoms with E-state index in [4.69, 9.17) is 9.47 Å². The Morgan fingerprint density at radius 3 is 2.83 bits per heavy atom. The van der Waals surface area contributed by atoms with E-state index >= 15 is 0 Å². The maximum Gasteiger partial charge on any atom is 0.326 e. The zero-order valence-electron chi connectivity index (χ0n) is 15.7. The second-order valence-electron chi connectivity index (χ2n) is 6.62. The van der Waals surface area contributed by atoms with Crippen LogP contribution in [0.15, 0.2) is 46.9 Å². The number of carbonyl (C=O) groups excluding carboxylic acids is 2. The number of alkyl halides is 2. The lowest BCUT2D eigenvalue weighted by Crippen LogP contribution is -2.42. The van der Waals surface area contributed by atoms with Crippen LogP contribution < -0.4 is 9.64 Å². The molecule has 7 nitrogen and oxygen atoms in total. The van der Waals surface area contributed by atoms with Crippen LogP contribution in [0.4, 0.5) is 14.5 Å². The molecule has 0 radical (unpaired) electrons. The van der Waals surface area contributed by atoms with Gasteiger partial charge in [-0.05, 0) is 37.3 Å². The summed E-state index contributed by atoms with van der Waals surface area (Å²) < 4.78 is 39.5. The fourth-order valence-corrected chi connectivity index (χ4v) is 3.66. The van der Waals surface area contributed by atoms with Crippen LogP contribution in [0.25, 0.3) is 11.0 Å². The van der Waals surface area contributed by atoms with Crippen molar-refractivity contribution in [3.63, 3.8) is 0 Å². The van der Waals surface area contributed by atoms with Crippen molar-refractivity contribution >= 4 is 44.5 Å². The van der Waals surface area contributed by atoms with Gasteiger partial charge < -0.3 is 9.47 Å². The van der Waals surface area contributed by atoms with Crippen molar-refractivity contribution in [2.45, 2.75) is 19.6 Å². The van der Waals surface area contributed by atoms with Gasteiger partial charge in [0.2, 0.25) is 0 Å². The van der Waals surface area contributed by atoms with Crippen molar-refractivity contribution in [2.24, 2.45) is 0 Å². The molecule has 0 fully saturated rings. The van der Waals surface area contributed by atoms with Crippen LogP contribution in [0.1, 0.15) is 25.4 Å². The summed E-state index contributed by atoms with van der Waals surface area (Å²) in [6.45, 7) is -1.98. The maximum absolute atomic E-state index is 13.6. The van der Waals surface area contributed by atoms with Crippen LogP contribution in [0.3, 0.4) is 0 Å². The molecule has 0 aliphatic carbocycles. The summed E-state index contributed by atoms with van der Waals surface area (Å²) in [4.78, 5) is 30.2. The number of hydrogen-bond donors (Lipinski definition) is 0. The van der Waals surface area contributed by atoms with Gasteiger partial charge in [0.15, 0.2) is 18.5 Å². The lowest BCUT2D eigenvalue weighted by Gasteiger charge is -2.29. The van der Waals surface area contributed by atoms with Gasteiger partial charge in [-0.25, -0.2) is 4.98 Å². The Morgan fingerprint density at radius 1 is 1.30 bits per heavy atom. The van der Waals surface area contributed by atoms with Gasteiger partial charge in [0.25, 0.3) is 5.91 Å². The van der Waals surface area contributed by atoms with Gasteiger partial charge in [-0.15, -0.1) is 0 Å². The maximum atomic E-state index is 13.6. The number of nitrogens with zero attached hydrogens (tertiary/aromatic N) is 3. The molecule has 1 amide bonds. The van der Waals surface area contributed by atoms with Crippen LogP contribution in [0.2, 0.25) is 0 Å². The Bertz CT molecular complexity index is 1130. The Morgan fingerprint density at radius 2 is 2.07 bits per heavy atom. The highest BCUT2D eigenvalue weighted by molar-refractivity contribution is 9.10. The van der Waals surface area contributed by atoms with Gasteiger partial charge in [-0.2, -0.15) is 8.78 Å². The number of anilines is 1. The van der Waals surface area contributed by atoms with Crippen molar-refractivity contribution in [2.75, 3.05) is 18.1 Å². The first-order valence-corrected chi connectivity index (χ1v) is 9.81. The van der Waals surface area contributed by atoms with Crippen LogP contribution in [-0.4, -0.2) is 34.6 Å². The van der Waals surface area contributed by atoms with E-state index in [-0.39, 0.29) is 24.5 Å². The van der Waals surface area contributed by atoms with Crippen LogP contribution >= 0.6 is 15.9 Å². The zero-order valence-corrected chi connectivity index (χ0v) is 17.3.